The average Bonchev–Trinajstić information content (AvgIpc) is 2.79. The van der Waals surface area contributed by atoms with Gasteiger partial charge in [-0.1, -0.05) is 36.4 Å². The van der Waals surface area contributed by atoms with Gasteiger partial charge in [0.15, 0.2) is 18.1 Å². The van der Waals surface area contributed by atoms with Crippen LogP contribution in [0.4, 0.5) is 0 Å². The number of hydrazone groups is 1. The van der Waals surface area contributed by atoms with Crippen molar-refractivity contribution in [1.29, 1.82) is 0 Å². The summed E-state index contributed by atoms with van der Waals surface area (Å²) < 4.78 is 17.4. The van der Waals surface area contributed by atoms with E-state index in [-0.39, 0.29) is 18.6 Å². The molecule has 0 aliphatic heterocycles. The molecule has 0 aliphatic carbocycles. The minimum atomic E-state index is -0.369. The van der Waals surface area contributed by atoms with Crippen molar-refractivity contribution in [3.63, 3.8) is 0 Å². The summed E-state index contributed by atoms with van der Waals surface area (Å²) in [6, 6.07) is 21.2. The molecule has 0 fully saturated rings. The Balaban J connectivity index is 1.53. The predicted octanol–water partition coefficient (Wildman–Crippen LogP) is 5.44. The third-order valence-electron chi connectivity index (χ3n) is 4.35. The highest BCUT2D eigenvalue weighted by atomic mass is 79.9. The fourth-order valence-electron chi connectivity index (χ4n) is 2.90. The number of halogens is 1. The van der Waals surface area contributed by atoms with Gasteiger partial charge in [-0.3, -0.25) is 4.79 Å². The molecule has 0 spiro atoms. The van der Waals surface area contributed by atoms with Gasteiger partial charge in [-0.05, 0) is 76.8 Å². The minimum absolute atomic E-state index is 0.0392. The van der Waals surface area contributed by atoms with Crippen molar-refractivity contribution in [2.24, 2.45) is 5.10 Å². The molecule has 3 aromatic carbocycles. The van der Waals surface area contributed by atoms with E-state index in [9.17, 15) is 4.79 Å². The summed E-state index contributed by atoms with van der Waals surface area (Å²) in [5.74, 6) is 1.46. The van der Waals surface area contributed by atoms with Crippen molar-refractivity contribution in [1.82, 2.24) is 5.43 Å². The van der Waals surface area contributed by atoms with Gasteiger partial charge >= 0.3 is 0 Å². The third kappa shape index (κ3) is 6.59. The van der Waals surface area contributed by atoms with E-state index < -0.39 is 0 Å². The number of ether oxygens (including phenoxy) is 3. The Morgan fingerprint density at radius 1 is 1.00 bits per heavy atom. The fourth-order valence-corrected chi connectivity index (χ4v) is 3.39. The van der Waals surface area contributed by atoms with Gasteiger partial charge in [0.25, 0.3) is 5.91 Å². The Morgan fingerprint density at radius 3 is 2.44 bits per heavy atom. The SMILES string of the molecule is COc1cc(/C=N/NC(=O)COc2ccc(-c3ccccc3)cc2Br)ccc1OC(C)C. The van der Waals surface area contributed by atoms with Gasteiger partial charge in [0.1, 0.15) is 5.75 Å². The molecule has 0 aromatic heterocycles. The number of amides is 1. The van der Waals surface area contributed by atoms with Crippen LogP contribution >= 0.6 is 15.9 Å². The molecule has 6 nitrogen and oxygen atoms in total. The van der Waals surface area contributed by atoms with Crippen LogP contribution in [0.1, 0.15) is 19.4 Å². The second kappa shape index (κ2) is 11.3. The molecular formula is C25H25BrN2O4. The van der Waals surface area contributed by atoms with Crippen molar-refractivity contribution < 1.29 is 19.0 Å². The number of carbonyl (C=O) groups excluding carboxylic acids is 1. The summed E-state index contributed by atoms with van der Waals surface area (Å²) in [4.78, 5) is 12.1. The van der Waals surface area contributed by atoms with Crippen molar-refractivity contribution in [2.45, 2.75) is 20.0 Å². The summed E-state index contributed by atoms with van der Waals surface area (Å²) in [5, 5.41) is 3.98. The van der Waals surface area contributed by atoms with Crippen LogP contribution < -0.4 is 19.6 Å². The minimum Gasteiger partial charge on any atom is -0.493 e. The zero-order valence-corrected chi connectivity index (χ0v) is 19.8. The van der Waals surface area contributed by atoms with Crippen LogP contribution in [0.3, 0.4) is 0 Å². The molecule has 0 aliphatic rings. The van der Waals surface area contributed by atoms with Gasteiger partial charge in [0.05, 0.1) is 23.9 Å². The number of benzene rings is 3. The molecule has 0 saturated carbocycles. The van der Waals surface area contributed by atoms with Crippen LogP contribution in [-0.4, -0.2) is 31.9 Å². The molecule has 1 N–H and O–H groups in total. The lowest BCUT2D eigenvalue weighted by molar-refractivity contribution is -0.123. The summed E-state index contributed by atoms with van der Waals surface area (Å²) in [7, 11) is 1.58. The van der Waals surface area contributed by atoms with Gasteiger partial charge in [0, 0.05) is 0 Å². The Bertz CT molecular complexity index is 1080. The first-order chi connectivity index (χ1) is 15.5. The maximum Gasteiger partial charge on any atom is 0.277 e. The number of hydrogen-bond donors (Lipinski definition) is 1. The molecule has 0 radical (unpaired) electrons. The number of methoxy groups -OCH3 is 1. The van der Waals surface area contributed by atoms with Crippen molar-refractivity contribution in [2.75, 3.05) is 13.7 Å². The van der Waals surface area contributed by atoms with Crippen LogP contribution in [0, 0.1) is 0 Å². The molecular weight excluding hydrogens is 472 g/mol. The highest BCUT2D eigenvalue weighted by Gasteiger charge is 2.08. The van der Waals surface area contributed by atoms with E-state index >= 15 is 0 Å². The topological polar surface area (TPSA) is 69.2 Å². The summed E-state index contributed by atoms with van der Waals surface area (Å²) >= 11 is 3.50. The monoisotopic (exact) mass is 496 g/mol. The lowest BCUT2D eigenvalue weighted by Gasteiger charge is -2.13. The molecule has 32 heavy (non-hydrogen) atoms. The number of nitrogens with zero attached hydrogens (tertiary/aromatic N) is 1. The van der Waals surface area contributed by atoms with Crippen LogP contribution in [0.25, 0.3) is 11.1 Å². The summed E-state index contributed by atoms with van der Waals surface area (Å²) in [6.45, 7) is 3.73. The molecule has 0 unspecified atom stereocenters. The van der Waals surface area contributed by atoms with Crippen LogP contribution in [0.5, 0.6) is 17.2 Å². The first kappa shape index (κ1) is 23.3. The molecule has 0 bridgehead atoms. The fraction of sp³-hybridized carbons (Fsp3) is 0.200. The van der Waals surface area contributed by atoms with Gasteiger partial charge in [0.2, 0.25) is 0 Å². The van der Waals surface area contributed by atoms with Crippen molar-refractivity contribution in [3.8, 4) is 28.4 Å². The van der Waals surface area contributed by atoms with E-state index in [1.807, 2.05) is 74.5 Å². The van der Waals surface area contributed by atoms with Crippen molar-refractivity contribution >= 4 is 28.1 Å². The quantitative estimate of drug-likeness (QED) is 0.316. The van der Waals surface area contributed by atoms with Crippen LogP contribution in [0.2, 0.25) is 0 Å². The first-order valence-electron chi connectivity index (χ1n) is 10.1. The first-order valence-corrected chi connectivity index (χ1v) is 10.9. The van der Waals surface area contributed by atoms with Gasteiger partial charge in [-0.2, -0.15) is 5.10 Å². The predicted molar refractivity (Wildman–Crippen MR) is 130 cm³/mol. The number of nitrogens with one attached hydrogen (secondary N) is 1. The highest BCUT2D eigenvalue weighted by Crippen LogP contribution is 2.31. The second-order valence-electron chi connectivity index (χ2n) is 7.17. The number of rotatable bonds is 9. The Kier molecular flexibility index (Phi) is 8.27. The normalized spacial score (nSPS) is 10.9. The highest BCUT2D eigenvalue weighted by molar-refractivity contribution is 9.10. The van der Waals surface area contributed by atoms with Crippen LogP contribution in [0.15, 0.2) is 76.3 Å². The van der Waals surface area contributed by atoms with E-state index in [0.717, 1.165) is 21.2 Å². The lowest BCUT2D eigenvalue weighted by Crippen LogP contribution is -2.24. The average molecular weight is 497 g/mol. The zero-order chi connectivity index (χ0) is 22.9. The summed E-state index contributed by atoms with van der Waals surface area (Å²) in [6.07, 6.45) is 1.57. The Hall–Kier alpha value is -3.32. The molecule has 166 valence electrons. The Morgan fingerprint density at radius 2 is 1.75 bits per heavy atom. The van der Waals surface area contributed by atoms with E-state index in [1.54, 1.807) is 13.2 Å². The number of carbonyl (C=O) groups is 1. The van der Waals surface area contributed by atoms with Gasteiger partial charge < -0.3 is 14.2 Å². The van der Waals surface area contributed by atoms with E-state index in [1.165, 1.54) is 6.21 Å². The third-order valence-corrected chi connectivity index (χ3v) is 4.97. The molecule has 3 aromatic rings. The van der Waals surface area contributed by atoms with Gasteiger partial charge in [-0.25, -0.2) is 5.43 Å². The van der Waals surface area contributed by atoms with E-state index in [0.29, 0.717) is 17.2 Å². The standard InChI is InChI=1S/C25H25BrN2O4/c1-17(2)32-23-11-9-18(13-24(23)30-3)15-27-28-25(29)16-31-22-12-10-20(14-21(22)26)19-7-5-4-6-8-19/h4-15,17H,16H2,1-3H3,(H,28,29)/b27-15+. The maximum atomic E-state index is 12.1. The molecule has 1 amide bonds. The smallest absolute Gasteiger partial charge is 0.277 e. The Labute approximate surface area is 196 Å². The molecule has 3 rings (SSSR count). The second-order valence-corrected chi connectivity index (χ2v) is 8.02. The molecule has 0 atom stereocenters. The van der Waals surface area contributed by atoms with Crippen molar-refractivity contribution in [3.05, 3.63) is 76.8 Å². The molecule has 7 heteroatoms. The summed E-state index contributed by atoms with van der Waals surface area (Å²) in [5.41, 5.74) is 5.38. The van der Waals surface area contributed by atoms with Crippen LogP contribution in [-0.2, 0) is 4.79 Å². The number of hydrogen-bond acceptors (Lipinski definition) is 5. The lowest BCUT2D eigenvalue weighted by atomic mass is 10.1. The molecule has 0 saturated heterocycles. The van der Waals surface area contributed by atoms with E-state index in [2.05, 4.69) is 26.5 Å². The van der Waals surface area contributed by atoms with Gasteiger partial charge in [-0.15, -0.1) is 0 Å². The largest absolute Gasteiger partial charge is 0.493 e. The molecule has 0 heterocycles. The zero-order valence-electron chi connectivity index (χ0n) is 18.2. The maximum absolute atomic E-state index is 12.1. The van der Waals surface area contributed by atoms with E-state index in [4.69, 9.17) is 14.2 Å².